The van der Waals surface area contributed by atoms with Crippen LogP contribution in [0.4, 0.5) is 0 Å². The minimum atomic E-state index is -0.0300. The van der Waals surface area contributed by atoms with Gasteiger partial charge in [0.25, 0.3) is 0 Å². The van der Waals surface area contributed by atoms with Gasteiger partial charge in [-0.2, -0.15) is 0 Å². The predicted molar refractivity (Wildman–Crippen MR) is 84.9 cm³/mol. The van der Waals surface area contributed by atoms with Gasteiger partial charge in [-0.05, 0) is 57.5 Å². The molecule has 0 aliphatic rings. The van der Waals surface area contributed by atoms with E-state index >= 15 is 0 Å². The third-order valence-corrected chi connectivity index (χ3v) is 4.49. The van der Waals surface area contributed by atoms with Gasteiger partial charge in [0.1, 0.15) is 0 Å². The second kappa shape index (κ2) is 6.74. The SMILES string of the molecule is CCN(CC)C(C)(C)C(N)Cc1ccc(C)cc1Cl. The molecule has 0 amide bonds. The molecule has 1 atom stereocenters. The van der Waals surface area contributed by atoms with E-state index in [1.54, 1.807) is 0 Å². The van der Waals surface area contributed by atoms with Crippen LogP contribution >= 0.6 is 11.6 Å². The Morgan fingerprint density at radius 2 is 1.84 bits per heavy atom. The maximum absolute atomic E-state index is 6.44. The van der Waals surface area contributed by atoms with E-state index in [1.807, 2.05) is 6.07 Å². The van der Waals surface area contributed by atoms with E-state index in [9.17, 15) is 0 Å². The number of rotatable bonds is 6. The Morgan fingerprint density at radius 3 is 2.32 bits per heavy atom. The first-order valence-corrected chi connectivity index (χ1v) is 7.46. The summed E-state index contributed by atoms with van der Waals surface area (Å²) >= 11 is 6.30. The van der Waals surface area contributed by atoms with Gasteiger partial charge in [-0.15, -0.1) is 0 Å². The van der Waals surface area contributed by atoms with Crippen molar-refractivity contribution in [3.8, 4) is 0 Å². The lowest BCUT2D eigenvalue weighted by Crippen LogP contribution is -2.56. The average Bonchev–Trinajstić information content (AvgIpc) is 2.33. The topological polar surface area (TPSA) is 29.3 Å². The van der Waals surface area contributed by atoms with Gasteiger partial charge in [-0.25, -0.2) is 0 Å². The molecule has 19 heavy (non-hydrogen) atoms. The third-order valence-electron chi connectivity index (χ3n) is 4.13. The van der Waals surface area contributed by atoms with Crippen molar-refractivity contribution in [1.82, 2.24) is 4.90 Å². The van der Waals surface area contributed by atoms with E-state index in [0.717, 1.165) is 30.1 Å². The molecule has 0 radical (unpaired) electrons. The molecule has 0 aliphatic carbocycles. The third kappa shape index (κ3) is 3.95. The molecule has 0 spiro atoms. The number of hydrogen-bond acceptors (Lipinski definition) is 2. The number of likely N-dealkylation sites (N-methyl/N-ethyl adjacent to an activating group) is 1. The highest BCUT2D eigenvalue weighted by Crippen LogP contribution is 2.24. The first-order chi connectivity index (χ1) is 8.82. The van der Waals surface area contributed by atoms with Crippen LogP contribution in [0.25, 0.3) is 0 Å². The summed E-state index contributed by atoms with van der Waals surface area (Å²) in [5.41, 5.74) is 8.74. The summed E-state index contributed by atoms with van der Waals surface area (Å²) in [6.07, 6.45) is 0.808. The van der Waals surface area contributed by atoms with Gasteiger partial charge in [0.15, 0.2) is 0 Å². The lowest BCUT2D eigenvalue weighted by atomic mass is 9.88. The Hall–Kier alpha value is -0.570. The van der Waals surface area contributed by atoms with Crippen LogP contribution in [0.2, 0.25) is 5.02 Å². The zero-order chi connectivity index (χ0) is 14.6. The standard InChI is InChI=1S/C16H27ClN2/c1-6-19(7-2)16(4,5)15(18)11-13-9-8-12(3)10-14(13)17/h8-10,15H,6-7,11,18H2,1-5H3. The lowest BCUT2D eigenvalue weighted by Gasteiger charge is -2.42. The highest BCUT2D eigenvalue weighted by molar-refractivity contribution is 6.31. The molecule has 108 valence electrons. The van der Waals surface area contributed by atoms with E-state index in [4.69, 9.17) is 17.3 Å². The summed E-state index contributed by atoms with van der Waals surface area (Å²) in [5, 5.41) is 0.825. The molecule has 2 nitrogen and oxygen atoms in total. The molecule has 3 heteroatoms. The lowest BCUT2D eigenvalue weighted by molar-refractivity contribution is 0.106. The number of aryl methyl sites for hydroxylation is 1. The van der Waals surface area contributed by atoms with E-state index in [2.05, 4.69) is 51.7 Å². The zero-order valence-corrected chi connectivity index (χ0v) is 13.6. The van der Waals surface area contributed by atoms with Gasteiger partial charge >= 0.3 is 0 Å². The number of hydrogen-bond donors (Lipinski definition) is 1. The first-order valence-electron chi connectivity index (χ1n) is 7.08. The molecular weight excluding hydrogens is 256 g/mol. The van der Waals surface area contributed by atoms with Crippen molar-refractivity contribution < 1.29 is 0 Å². The maximum Gasteiger partial charge on any atom is 0.0441 e. The number of nitrogens with two attached hydrogens (primary N) is 1. The molecule has 1 aromatic rings. The maximum atomic E-state index is 6.44. The van der Waals surface area contributed by atoms with Gasteiger partial charge in [0, 0.05) is 16.6 Å². The van der Waals surface area contributed by atoms with Crippen molar-refractivity contribution in [3.63, 3.8) is 0 Å². The number of benzene rings is 1. The Bertz CT molecular complexity index is 411. The highest BCUT2D eigenvalue weighted by atomic mass is 35.5. The Labute approximate surface area is 122 Å². The molecule has 0 saturated carbocycles. The van der Waals surface area contributed by atoms with Crippen molar-refractivity contribution in [1.29, 1.82) is 0 Å². The molecule has 0 aromatic heterocycles. The largest absolute Gasteiger partial charge is 0.326 e. The van der Waals surface area contributed by atoms with Crippen LogP contribution < -0.4 is 5.73 Å². The summed E-state index contributed by atoms with van der Waals surface area (Å²) < 4.78 is 0. The van der Waals surface area contributed by atoms with Crippen LogP contribution in [-0.4, -0.2) is 29.6 Å². The second-order valence-corrected chi connectivity index (χ2v) is 6.14. The molecule has 1 aromatic carbocycles. The molecule has 1 unspecified atom stereocenters. The minimum absolute atomic E-state index is 0.0300. The van der Waals surface area contributed by atoms with Crippen LogP contribution in [0, 0.1) is 6.92 Å². The zero-order valence-electron chi connectivity index (χ0n) is 12.8. The monoisotopic (exact) mass is 282 g/mol. The number of nitrogens with zero attached hydrogens (tertiary/aromatic N) is 1. The smallest absolute Gasteiger partial charge is 0.0441 e. The van der Waals surface area contributed by atoms with Crippen molar-refractivity contribution in [3.05, 3.63) is 34.3 Å². The Balaban J connectivity index is 2.86. The molecule has 0 saturated heterocycles. The molecule has 0 aliphatic heterocycles. The van der Waals surface area contributed by atoms with E-state index < -0.39 is 0 Å². The first kappa shape index (κ1) is 16.5. The van der Waals surface area contributed by atoms with E-state index in [0.29, 0.717) is 0 Å². The molecular formula is C16H27ClN2. The fourth-order valence-electron chi connectivity index (χ4n) is 2.58. The van der Waals surface area contributed by atoms with Gasteiger partial charge in [0.05, 0.1) is 0 Å². The fourth-order valence-corrected chi connectivity index (χ4v) is 2.89. The van der Waals surface area contributed by atoms with Crippen LogP contribution in [0.5, 0.6) is 0 Å². The average molecular weight is 283 g/mol. The molecule has 0 heterocycles. The summed E-state index contributed by atoms with van der Waals surface area (Å²) in [6, 6.07) is 6.26. The van der Waals surface area contributed by atoms with Crippen molar-refractivity contribution in [2.24, 2.45) is 5.73 Å². The van der Waals surface area contributed by atoms with Crippen LogP contribution in [-0.2, 0) is 6.42 Å². The van der Waals surface area contributed by atoms with Gasteiger partial charge in [0.2, 0.25) is 0 Å². The number of halogens is 1. The van der Waals surface area contributed by atoms with Crippen LogP contribution in [0.3, 0.4) is 0 Å². The summed E-state index contributed by atoms with van der Waals surface area (Å²) in [6.45, 7) is 12.9. The summed E-state index contributed by atoms with van der Waals surface area (Å²) in [4.78, 5) is 2.40. The van der Waals surface area contributed by atoms with Crippen molar-refractivity contribution in [2.45, 2.75) is 52.6 Å². The minimum Gasteiger partial charge on any atom is -0.326 e. The summed E-state index contributed by atoms with van der Waals surface area (Å²) in [5.74, 6) is 0. The van der Waals surface area contributed by atoms with Gasteiger partial charge < -0.3 is 5.73 Å². The van der Waals surface area contributed by atoms with E-state index in [1.165, 1.54) is 5.56 Å². The molecule has 1 rings (SSSR count). The van der Waals surface area contributed by atoms with Crippen molar-refractivity contribution >= 4 is 11.6 Å². The Morgan fingerprint density at radius 1 is 1.26 bits per heavy atom. The van der Waals surface area contributed by atoms with Crippen LogP contribution in [0.15, 0.2) is 18.2 Å². The van der Waals surface area contributed by atoms with Crippen molar-refractivity contribution in [2.75, 3.05) is 13.1 Å². The molecule has 2 N–H and O–H groups in total. The summed E-state index contributed by atoms with van der Waals surface area (Å²) in [7, 11) is 0. The van der Waals surface area contributed by atoms with Crippen LogP contribution in [0.1, 0.15) is 38.8 Å². The quantitative estimate of drug-likeness (QED) is 0.863. The van der Waals surface area contributed by atoms with E-state index in [-0.39, 0.29) is 11.6 Å². The Kier molecular flexibility index (Phi) is 5.84. The van der Waals surface area contributed by atoms with Gasteiger partial charge in [-0.1, -0.05) is 37.6 Å². The molecule has 0 fully saturated rings. The normalized spacial score (nSPS) is 13.9. The highest BCUT2D eigenvalue weighted by Gasteiger charge is 2.31. The second-order valence-electron chi connectivity index (χ2n) is 5.73. The molecule has 0 bridgehead atoms. The predicted octanol–water partition coefficient (Wildman–Crippen LogP) is 3.64. The fraction of sp³-hybridized carbons (Fsp3) is 0.625. The van der Waals surface area contributed by atoms with Gasteiger partial charge in [-0.3, -0.25) is 4.90 Å².